The minimum absolute atomic E-state index is 0.149. The molecule has 0 fully saturated rings. The van der Waals surface area contributed by atoms with Gasteiger partial charge in [-0.15, -0.1) is 0 Å². The second kappa shape index (κ2) is 6.25. The van der Waals surface area contributed by atoms with Gasteiger partial charge in [0.2, 0.25) is 5.91 Å². The van der Waals surface area contributed by atoms with Gasteiger partial charge >= 0.3 is 0 Å². The molecule has 4 heteroatoms. The predicted molar refractivity (Wildman–Crippen MR) is 78.1 cm³/mol. The molecule has 0 bridgehead atoms. The first-order valence-corrected chi connectivity index (χ1v) is 7.55. The molecule has 0 spiro atoms. The lowest BCUT2D eigenvalue weighted by Crippen LogP contribution is -2.37. The summed E-state index contributed by atoms with van der Waals surface area (Å²) < 4.78 is 0. The Labute approximate surface area is 113 Å². The SMILES string of the molecule is CC(N)CSCC(=O)N1CCCc2ccccc21. The maximum absolute atomic E-state index is 12.2. The average Bonchev–Trinajstić information content (AvgIpc) is 2.37. The largest absolute Gasteiger partial charge is 0.327 e. The van der Waals surface area contributed by atoms with Crippen molar-refractivity contribution in [2.24, 2.45) is 5.73 Å². The van der Waals surface area contributed by atoms with Gasteiger partial charge in [0.1, 0.15) is 0 Å². The molecule has 2 rings (SSSR count). The highest BCUT2D eigenvalue weighted by Gasteiger charge is 2.21. The topological polar surface area (TPSA) is 46.3 Å². The van der Waals surface area contributed by atoms with Crippen LogP contribution < -0.4 is 10.6 Å². The van der Waals surface area contributed by atoms with E-state index in [1.54, 1.807) is 11.8 Å². The first-order valence-electron chi connectivity index (χ1n) is 6.40. The molecule has 3 nitrogen and oxygen atoms in total. The van der Waals surface area contributed by atoms with Gasteiger partial charge in [0, 0.05) is 24.0 Å². The van der Waals surface area contributed by atoms with Crippen molar-refractivity contribution >= 4 is 23.4 Å². The van der Waals surface area contributed by atoms with Crippen LogP contribution in [0.1, 0.15) is 18.9 Å². The highest BCUT2D eigenvalue weighted by atomic mass is 32.2. The fraction of sp³-hybridized carbons (Fsp3) is 0.500. The number of aryl methyl sites for hydroxylation is 1. The summed E-state index contributed by atoms with van der Waals surface area (Å²) in [5, 5.41) is 0. The minimum atomic E-state index is 0.149. The lowest BCUT2D eigenvalue weighted by atomic mass is 10.0. The maximum Gasteiger partial charge on any atom is 0.236 e. The maximum atomic E-state index is 12.2. The van der Waals surface area contributed by atoms with Crippen LogP contribution in [0.3, 0.4) is 0 Å². The number of para-hydroxylation sites is 1. The van der Waals surface area contributed by atoms with Crippen LogP contribution in [-0.2, 0) is 11.2 Å². The van der Waals surface area contributed by atoms with Crippen LogP contribution in [0.5, 0.6) is 0 Å². The monoisotopic (exact) mass is 264 g/mol. The van der Waals surface area contributed by atoms with Crippen molar-refractivity contribution in [3.63, 3.8) is 0 Å². The molecular weight excluding hydrogens is 244 g/mol. The predicted octanol–water partition coefficient (Wildman–Crippen LogP) is 2.05. The molecule has 18 heavy (non-hydrogen) atoms. The number of nitrogens with two attached hydrogens (primary N) is 1. The molecule has 0 saturated heterocycles. The van der Waals surface area contributed by atoms with Crippen molar-refractivity contribution in [3.8, 4) is 0 Å². The normalized spacial score (nSPS) is 16.2. The lowest BCUT2D eigenvalue weighted by Gasteiger charge is -2.29. The summed E-state index contributed by atoms with van der Waals surface area (Å²) in [6.45, 7) is 2.81. The molecule has 1 aromatic carbocycles. The highest BCUT2D eigenvalue weighted by molar-refractivity contribution is 8.00. The van der Waals surface area contributed by atoms with Gasteiger partial charge in [-0.05, 0) is 31.4 Å². The van der Waals surface area contributed by atoms with E-state index in [-0.39, 0.29) is 11.9 Å². The lowest BCUT2D eigenvalue weighted by molar-refractivity contribution is -0.116. The molecule has 0 aliphatic carbocycles. The first kappa shape index (κ1) is 13.4. The van der Waals surface area contributed by atoms with E-state index in [1.165, 1.54) is 5.56 Å². The van der Waals surface area contributed by atoms with Crippen molar-refractivity contribution in [1.29, 1.82) is 0 Å². The third-order valence-corrected chi connectivity index (χ3v) is 4.23. The number of thioether (sulfide) groups is 1. The van der Waals surface area contributed by atoms with E-state index in [0.29, 0.717) is 5.75 Å². The Hall–Kier alpha value is -1.00. The molecule has 1 heterocycles. The molecular formula is C14H20N2OS. The van der Waals surface area contributed by atoms with Crippen molar-refractivity contribution in [2.45, 2.75) is 25.8 Å². The number of carbonyl (C=O) groups excluding carboxylic acids is 1. The summed E-state index contributed by atoms with van der Waals surface area (Å²) in [4.78, 5) is 14.1. The second-order valence-corrected chi connectivity index (χ2v) is 5.80. The molecule has 1 aliphatic heterocycles. The molecule has 1 atom stereocenters. The number of fused-ring (bicyclic) bond motifs is 1. The zero-order valence-electron chi connectivity index (χ0n) is 10.8. The van der Waals surface area contributed by atoms with Crippen LogP contribution in [0, 0.1) is 0 Å². The van der Waals surface area contributed by atoms with E-state index >= 15 is 0 Å². The smallest absolute Gasteiger partial charge is 0.236 e. The molecule has 0 aromatic heterocycles. The number of carbonyl (C=O) groups is 1. The van der Waals surface area contributed by atoms with Gasteiger partial charge < -0.3 is 10.6 Å². The van der Waals surface area contributed by atoms with Crippen LogP contribution in [0.4, 0.5) is 5.69 Å². The Balaban J connectivity index is 1.99. The molecule has 1 amide bonds. The number of rotatable bonds is 4. The van der Waals surface area contributed by atoms with Crippen LogP contribution >= 0.6 is 11.8 Å². The Kier molecular flexibility index (Phi) is 4.66. The summed E-state index contributed by atoms with van der Waals surface area (Å²) in [5.41, 5.74) is 8.07. The fourth-order valence-corrected chi connectivity index (χ4v) is 3.02. The van der Waals surface area contributed by atoms with Crippen molar-refractivity contribution in [3.05, 3.63) is 29.8 Å². The van der Waals surface area contributed by atoms with Crippen LogP contribution in [0.25, 0.3) is 0 Å². The van der Waals surface area contributed by atoms with Gasteiger partial charge in [0.25, 0.3) is 0 Å². The van der Waals surface area contributed by atoms with Crippen molar-refractivity contribution in [1.82, 2.24) is 0 Å². The molecule has 2 N–H and O–H groups in total. The summed E-state index contributed by atoms with van der Waals surface area (Å²) in [7, 11) is 0. The van der Waals surface area contributed by atoms with Gasteiger partial charge in [-0.25, -0.2) is 0 Å². The van der Waals surface area contributed by atoms with Gasteiger partial charge in [-0.1, -0.05) is 18.2 Å². The van der Waals surface area contributed by atoms with E-state index < -0.39 is 0 Å². The number of hydrogen-bond acceptors (Lipinski definition) is 3. The zero-order chi connectivity index (χ0) is 13.0. The number of nitrogens with zero attached hydrogens (tertiary/aromatic N) is 1. The number of hydrogen-bond donors (Lipinski definition) is 1. The van der Waals surface area contributed by atoms with Crippen LogP contribution in [0.15, 0.2) is 24.3 Å². The molecule has 1 aromatic rings. The van der Waals surface area contributed by atoms with E-state index in [4.69, 9.17) is 5.73 Å². The van der Waals surface area contributed by atoms with Gasteiger partial charge in [-0.2, -0.15) is 11.8 Å². The minimum Gasteiger partial charge on any atom is -0.327 e. The van der Waals surface area contributed by atoms with Gasteiger partial charge in [0.15, 0.2) is 0 Å². The number of amides is 1. The average molecular weight is 264 g/mol. The van der Waals surface area contributed by atoms with Crippen LogP contribution in [-0.4, -0.2) is 30.0 Å². The molecule has 1 aliphatic rings. The summed E-state index contributed by atoms with van der Waals surface area (Å²) in [6.07, 6.45) is 2.13. The number of benzene rings is 1. The highest BCUT2D eigenvalue weighted by Crippen LogP contribution is 2.27. The Morgan fingerprint density at radius 2 is 2.28 bits per heavy atom. The fourth-order valence-electron chi connectivity index (χ4n) is 2.20. The zero-order valence-corrected chi connectivity index (χ0v) is 11.6. The van der Waals surface area contributed by atoms with Crippen molar-refractivity contribution in [2.75, 3.05) is 23.0 Å². The van der Waals surface area contributed by atoms with Crippen molar-refractivity contribution < 1.29 is 4.79 Å². The Morgan fingerprint density at radius 3 is 3.06 bits per heavy atom. The van der Waals surface area contributed by atoms with Crippen LogP contribution in [0.2, 0.25) is 0 Å². The van der Waals surface area contributed by atoms with E-state index in [1.807, 2.05) is 30.0 Å². The van der Waals surface area contributed by atoms with Gasteiger partial charge in [-0.3, -0.25) is 4.79 Å². The first-order chi connectivity index (χ1) is 8.68. The van der Waals surface area contributed by atoms with E-state index in [2.05, 4.69) is 6.07 Å². The summed E-state index contributed by atoms with van der Waals surface area (Å²) in [6, 6.07) is 8.35. The molecule has 1 unspecified atom stereocenters. The van der Waals surface area contributed by atoms with E-state index in [9.17, 15) is 4.79 Å². The Morgan fingerprint density at radius 1 is 1.50 bits per heavy atom. The summed E-state index contributed by atoms with van der Waals surface area (Å²) in [5.74, 6) is 1.56. The third-order valence-electron chi connectivity index (χ3n) is 3.02. The molecule has 98 valence electrons. The quantitative estimate of drug-likeness (QED) is 0.905. The standard InChI is InChI=1S/C14H20N2OS/c1-11(15)9-18-10-14(17)16-8-4-6-12-5-2-3-7-13(12)16/h2-3,5,7,11H,4,6,8-10,15H2,1H3. The van der Waals surface area contributed by atoms with E-state index in [0.717, 1.165) is 30.8 Å². The summed E-state index contributed by atoms with van der Waals surface area (Å²) >= 11 is 1.62. The van der Waals surface area contributed by atoms with Gasteiger partial charge in [0.05, 0.1) is 5.75 Å². The second-order valence-electron chi connectivity index (χ2n) is 4.77. The third kappa shape index (κ3) is 3.27. The Bertz CT molecular complexity index is 420. The molecule has 0 saturated carbocycles. The number of anilines is 1. The molecule has 0 radical (unpaired) electrons.